The molecule has 0 aliphatic heterocycles. The number of methoxy groups -OCH3 is 1. The van der Waals surface area contributed by atoms with E-state index in [2.05, 4.69) is 10.2 Å². The number of carbonyl (C=O) groups excluding carboxylic acids is 1. The third-order valence-corrected chi connectivity index (χ3v) is 5.30. The molecule has 1 amide bonds. The number of aromatic nitrogens is 3. The average molecular weight is 362 g/mol. The van der Waals surface area contributed by atoms with E-state index in [9.17, 15) is 4.79 Å². The lowest BCUT2D eigenvalue weighted by Crippen LogP contribution is -2.35. The second-order valence-electron chi connectivity index (χ2n) is 6.33. The average Bonchev–Trinajstić information content (AvgIpc) is 3.00. The van der Waals surface area contributed by atoms with Crippen LogP contribution in [0.1, 0.15) is 13.8 Å². The lowest BCUT2D eigenvalue weighted by atomic mass is 10.1. The summed E-state index contributed by atoms with van der Waals surface area (Å²) in [4.78, 5) is 14.1. The molecule has 1 heterocycles. The third kappa shape index (κ3) is 4.83. The summed E-state index contributed by atoms with van der Waals surface area (Å²) >= 11 is 1.47. The molecule has 0 bridgehead atoms. The van der Waals surface area contributed by atoms with E-state index in [-0.39, 0.29) is 17.1 Å². The highest BCUT2D eigenvalue weighted by atomic mass is 32.2. The van der Waals surface area contributed by atoms with Crippen LogP contribution in [0.15, 0.2) is 35.5 Å². The minimum absolute atomic E-state index is 0.0857. The van der Waals surface area contributed by atoms with Gasteiger partial charge in [-0.25, -0.2) is 0 Å². The molecular weight excluding hydrogens is 336 g/mol. The zero-order chi connectivity index (χ0) is 18.4. The summed E-state index contributed by atoms with van der Waals surface area (Å²) in [6.45, 7) is 5.29. The van der Waals surface area contributed by atoms with Gasteiger partial charge in [0.15, 0.2) is 11.0 Å². The summed E-state index contributed by atoms with van der Waals surface area (Å²) in [6, 6.07) is 9.94. The van der Waals surface area contributed by atoms with Gasteiger partial charge in [-0.3, -0.25) is 9.36 Å². The SMILES string of the molecule is COCCn1c(S[C@@H](C(=O)N(C)C)C(C)C)nnc1-c1ccccc1. The van der Waals surface area contributed by atoms with Crippen LogP contribution in [0.2, 0.25) is 0 Å². The van der Waals surface area contributed by atoms with Crippen molar-refractivity contribution < 1.29 is 9.53 Å². The Morgan fingerprint density at radius 3 is 2.48 bits per heavy atom. The van der Waals surface area contributed by atoms with E-state index in [1.165, 1.54) is 11.8 Å². The molecule has 0 N–H and O–H groups in total. The highest BCUT2D eigenvalue weighted by molar-refractivity contribution is 8.00. The number of carbonyl (C=O) groups is 1. The Morgan fingerprint density at radius 1 is 1.24 bits per heavy atom. The fraction of sp³-hybridized carbons (Fsp3) is 0.500. The Labute approximate surface area is 153 Å². The van der Waals surface area contributed by atoms with Crippen LogP contribution in [0.25, 0.3) is 11.4 Å². The normalized spacial score (nSPS) is 12.4. The van der Waals surface area contributed by atoms with Gasteiger partial charge in [0.2, 0.25) is 5.91 Å². The second kappa shape index (κ2) is 9.01. The summed E-state index contributed by atoms with van der Waals surface area (Å²) in [5.41, 5.74) is 0.998. The summed E-state index contributed by atoms with van der Waals surface area (Å²) in [5, 5.41) is 9.26. The van der Waals surface area contributed by atoms with Gasteiger partial charge in [0.05, 0.1) is 18.4 Å². The Balaban J connectivity index is 2.36. The monoisotopic (exact) mass is 362 g/mol. The van der Waals surface area contributed by atoms with Crippen LogP contribution in [0.3, 0.4) is 0 Å². The van der Waals surface area contributed by atoms with Crippen LogP contribution in [-0.2, 0) is 16.1 Å². The summed E-state index contributed by atoms with van der Waals surface area (Å²) in [6.07, 6.45) is 0. The molecule has 2 aromatic rings. The van der Waals surface area contributed by atoms with Crippen molar-refractivity contribution in [2.24, 2.45) is 5.92 Å². The van der Waals surface area contributed by atoms with Crippen LogP contribution in [0.5, 0.6) is 0 Å². The molecular formula is C18H26N4O2S. The predicted molar refractivity (Wildman–Crippen MR) is 101 cm³/mol. The smallest absolute Gasteiger partial charge is 0.235 e. The molecule has 25 heavy (non-hydrogen) atoms. The van der Waals surface area contributed by atoms with Crippen molar-refractivity contribution in [3.8, 4) is 11.4 Å². The van der Waals surface area contributed by atoms with Crippen molar-refractivity contribution >= 4 is 17.7 Å². The minimum Gasteiger partial charge on any atom is -0.383 e. The minimum atomic E-state index is -0.205. The summed E-state index contributed by atoms with van der Waals surface area (Å²) in [7, 11) is 5.23. The van der Waals surface area contributed by atoms with Gasteiger partial charge in [-0.15, -0.1) is 10.2 Å². The molecule has 1 aromatic carbocycles. The van der Waals surface area contributed by atoms with Crippen LogP contribution < -0.4 is 0 Å². The number of rotatable bonds is 8. The lowest BCUT2D eigenvalue weighted by molar-refractivity contribution is -0.128. The molecule has 0 unspecified atom stereocenters. The zero-order valence-electron chi connectivity index (χ0n) is 15.5. The molecule has 0 saturated heterocycles. The molecule has 0 fully saturated rings. The van der Waals surface area contributed by atoms with Crippen molar-refractivity contribution in [3.05, 3.63) is 30.3 Å². The van der Waals surface area contributed by atoms with Crippen molar-refractivity contribution in [3.63, 3.8) is 0 Å². The predicted octanol–water partition coefficient (Wildman–Crippen LogP) is 2.80. The largest absolute Gasteiger partial charge is 0.383 e. The van der Waals surface area contributed by atoms with E-state index in [0.717, 1.165) is 16.5 Å². The molecule has 136 valence electrons. The van der Waals surface area contributed by atoms with E-state index in [0.29, 0.717) is 13.2 Å². The first-order valence-corrected chi connectivity index (χ1v) is 9.19. The number of benzene rings is 1. The molecule has 7 heteroatoms. The number of hydrogen-bond donors (Lipinski definition) is 0. The van der Waals surface area contributed by atoms with Gasteiger partial charge in [-0.05, 0) is 5.92 Å². The Morgan fingerprint density at radius 2 is 1.92 bits per heavy atom. The highest BCUT2D eigenvalue weighted by Gasteiger charge is 2.28. The van der Waals surface area contributed by atoms with Gasteiger partial charge >= 0.3 is 0 Å². The van der Waals surface area contributed by atoms with Gasteiger partial charge in [-0.2, -0.15) is 0 Å². The van der Waals surface area contributed by atoms with Crippen molar-refractivity contribution in [1.82, 2.24) is 19.7 Å². The van der Waals surface area contributed by atoms with Crippen molar-refractivity contribution in [2.45, 2.75) is 30.8 Å². The molecule has 0 radical (unpaired) electrons. The van der Waals surface area contributed by atoms with Crippen LogP contribution in [0, 0.1) is 5.92 Å². The maximum atomic E-state index is 12.5. The maximum Gasteiger partial charge on any atom is 0.235 e. The van der Waals surface area contributed by atoms with E-state index in [4.69, 9.17) is 4.74 Å². The summed E-state index contributed by atoms with van der Waals surface area (Å²) < 4.78 is 7.27. The standard InChI is InChI=1S/C18H26N4O2S/c1-13(2)15(17(23)21(3)4)25-18-20-19-16(22(18)11-12-24-5)14-9-7-6-8-10-14/h6-10,13,15H,11-12H2,1-5H3/t15-/m1/s1. The third-order valence-electron chi connectivity index (χ3n) is 3.79. The highest BCUT2D eigenvalue weighted by Crippen LogP contribution is 2.30. The van der Waals surface area contributed by atoms with E-state index >= 15 is 0 Å². The molecule has 0 aliphatic carbocycles. The van der Waals surface area contributed by atoms with Crippen LogP contribution >= 0.6 is 11.8 Å². The number of ether oxygens (including phenoxy) is 1. The second-order valence-corrected chi connectivity index (χ2v) is 7.44. The Bertz CT molecular complexity index is 686. The quantitative estimate of drug-likeness (QED) is 0.676. The van der Waals surface area contributed by atoms with E-state index in [1.807, 2.05) is 48.7 Å². The van der Waals surface area contributed by atoms with Gasteiger partial charge < -0.3 is 9.64 Å². The molecule has 1 atom stereocenters. The van der Waals surface area contributed by atoms with Crippen LogP contribution in [-0.4, -0.2) is 58.6 Å². The molecule has 0 spiro atoms. The van der Waals surface area contributed by atoms with E-state index < -0.39 is 0 Å². The Hall–Kier alpha value is -1.86. The number of amides is 1. The maximum absolute atomic E-state index is 12.5. The van der Waals surface area contributed by atoms with Gasteiger partial charge in [-0.1, -0.05) is 55.9 Å². The first-order chi connectivity index (χ1) is 12.0. The molecule has 6 nitrogen and oxygen atoms in total. The van der Waals surface area contributed by atoms with Crippen molar-refractivity contribution in [2.75, 3.05) is 27.8 Å². The number of nitrogens with zero attached hydrogens (tertiary/aromatic N) is 4. The molecule has 1 aromatic heterocycles. The first-order valence-electron chi connectivity index (χ1n) is 8.31. The lowest BCUT2D eigenvalue weighted by Gasteiger charge is -2.23. The molecule has 0 aliphatic rings. The first kappa shape index (κ1) is 19.5. The molecule has 0 saturated carbocycles. The topological polar surface area (TPSA) is 60.2 Å². The van der Waals surface area contributed by atoms with Gasteiger partial charge in [0.25, 0.3) is 0 Å². The Kier molecular flexibility index (Phi) is 7.01. The van der Waals surface area contributed by atoms with E-state index in [1.54, 1.807) is 26.1 Å². The fourth-order valence-electron chi connectivity index (χ4n) is 2.40. The molecule has 2 rings (SSSR count). The number of hydrogen-bond acceptors (Lipinski definition) is 5. The fourth-order valence-corrected chi connectivity index (χ4v) is 3.60. The zero-order valence-corrected chi connectivity index (χ0v) is 16.3. The summed E-state index contributed by atoms with van der Waals surface area (Å²) in [5.74, 6) is 1.06. The van der Waals surface area contributed by atoms with Gasteiger partial charge in [0.1, 0.15) is 0 Å². The van der Waals surface area contributed by atoms with Crippen molar-refractivity contribution in [1.29, 1.82) is 0 Å². The number of thioether (sulfide) groups is 1. The van der Waals surface area contributed by atoms with Crippen LogP contribution in [0.4, 0.5) is 0 Å². The van der Waals surface area contributed by atoms with Gasteiger partial charge in [0, 0.05) is 26.8 Å².